The summed E-state index contributed by atoms with van der Waals surface area (Å²) in [6.07, 6.45) is 15.0. The second-order valence-electron chi connectivity index (χ2n) is 22.1. The molecule has 2 aromatic carbocycles. The minimum atomic E-state index is -0.696. The Morgan fingerprint density at radius 3 is 1.34 bits per heavy atom. The van der Waals surface area contributed by atoms with Crippen molar-refractivity contribution in [3.05, 3.63) is 70.8 Å². The molecule has 6 aliphatic rings. The molecular formula is C60H82N8O8. The van der Waals surface area contributed by atoms with E-state index in [0.717, 1.165) is 73.6 Å². The third-order valence-corrected chi connectivity index (χ3v) is 17.1. The summed E-state index contributed by atoms with van der Waals surface area (Å²) in [5, 5.41) is 18.5. The topological polar surface area (TPSA) is 200 Å². The number of rotatable bonds is 20. The van der Waals surface area contributed by atoms with Crippen LogP contribution in [0.15, 0.2) is 48.5 Å². The summed E-state index contributed by atoms with van der Waals surface area (Å²) >= 11 is 0. The van der Waals surface area contributed by atoms with Crippen LogP contribution < -0.4 is 31.9 Å². The molecule has 0 bridgehead atoms. The van der Waals surface area contributed by atoms with Crippen LogP contribution in [0.4, 0.5) is 0 Å². The highest BCUT2D eigenvalue weighted by Gasteiger charge is 2.44. The Kier molecular flexibility index (Phi) is 20.4. The lowest BCUT2D eigenvalue weighted by Crippen LogP contribution is -2.56. The Morgan fingerprint density at radius 2 is 0.947 bits per heavy atom. The number of hydrogen-bond acceptors (Lipinski definition) is 10. The fourth-order valence-electron chi connectivity index (χ4n) is 12.5. The highest BCUT2D eigenvalue weighted by atomic mass is 16.5. The molecule has 2 saturated carbocycles. The Balaban J connectivity index is 0.853. The van der Waals surface area contributed by atoms with Gasteiger partial charge in [0.25, 0.3) is 0 Å². The number of carbonyl (C=O) groups is 6. The SMILES string of the molecule is CN[C@@H](C)C(=O)N[C@@H](CC1CCCCC1)C(=O)N1CCC[C@H]1C(=O)N[C@H]1c2ccccc2C[C@H]1OCC#CC#CCO[C@@H]1Cc2ccccc2[C@@H]1NC(=O)[C@@H]1CCCN1C(=O)[C@H](CC1CCCCC1)NC(=O)[C@H](C)NC. The number of amides is 6. The normalized spacial score (nSPS) is 24.8. The molecule has 6 amide bonds. The maximum Gasteiger partial charge on any atom is 0.245 e. The maximum absolute atomic E-state index is 14.3. The van der Waals surface area contributed by atoms with Crippen LogP contribution >= 0.6 is 0 Å². The van der Waals surface area contributed by atoms with Crippen LogP contribution in [0.1, 0.15) is 151 Å². The third-order valence-electron chi connectivity index (χ3n) is 17.1. The highest BCUT2D eigenvalue weighted by molar-refractivity contribution is 5.94. The van der Waals surface area contributed by atoms with Crippen molar-refractivity contribution in [2.75, 3.05) is 40.4 Å². The van der Waals surface area contributed by atoms with Crippen molar-refractivity contribution in [3.63, 3.8) is 0 Å². The van der Waals surface area contributed by atoms with Gasteiger partial charge in [0.2, 0.25) is 35.4 Å². The van der Waals surface area contributed by atoms with Crippen LogP contribution in [-0.2, 0) is 51.1 Å². The monoisotopic (exact) mass is 1040 g/mol. The maximum atomic E-state index is 14.3. The number of nitrogens with zero attached hydrogens (tertiary/aromatic N) is 2. The molecule has 2 heterocycles. The smallest absolute Gasteiger partial charge is 0.245 e. The van der Waals surface area contributed by atoms with Gasteiger partial charge in [-0.05, 0) is 112 Å². The Morgan fingerprint density at radius 1 is 0.553 bits per heavy atom. The molecule has 2 aromatic rings. The van der Waals surface area contributed by atoms with Crippen LogP contribution in [0.25, 0.3) is 0 Å². The molecule has 16 heteroatoms. The Bertz CT molecular complexity index is 2320. The molecule has 4 aliphatic carbocycles. The van der Waals surface area contributed by atoms with Crippen LogP contribution in [-0.4, -0.2) is 134 Å². The van der Waals surface area contributed by atoms with E-state index in [1.54, 1.807) is 37.7 Å². The number of hydrogen-bond donors (Lipinski definition) is 6. The first kappa shape index (κ1) is 56.4. The Labute approximate surface area is 450 Å². The lowest BCUT2D eigenvalue weighted by atomic mass is 9.84. The van der Waals surface area contributed by atoms with E-state index >= 15 is 0 Å². The van der Waals surface area contributed by atoms with Crippen LogP contribution in [0.3, 0.4) is 0 Å². The van der Waals surface area contributed by atoms with E-state index in [1.165, 1.54) is 12.8 Å². The van der Waals surface area contributed by atoms with E-state index < -0.39 is 48.3 Å². The van der Waals surface area contributed by atoms with Crippen molar-refractivity contribution in [2.24, 2.45) is 11.8 Å². The second-order valence-corrected chi connectivity index (χ2v) is 22.1. The zero-order valence-corrected chi connectivity index (χ0v) is 45.3. The summed E-state index contributed by atoms with van der Waals surface area (Å²) in [6.45, 7) is 4.61. The van der Waals surface area contributed by atoms with Gasteiger partial charge in [0.1, 0.15) is 37.4 Å². The molecule has 0 aromatic heterocycles. The summed E-state index contributed by atoms with van der Waals surface area (Å²) in [5.74, 6) is 11.2. The van der Waals surface area contributed by atoms with Crippen molar-refractivity contribution < 1.29 is 38.2 Å². The van der Waals surface area contributed by atoms with Crippen molar-refractivity contribution in [2.45, 2.75) is 190 Å². The summed E-state index contributed by atoms with van der Waals surface area (Å²) in [4.78, 5) is 86.6. The second kappa shape index (κ2) is 27.5. The number of nitrogens with one attached hydrogen (secondary N) is 6. The molecule has 76 heavy (non-hydrogen) atoms. The van der Waals surface area contributed by atoms with Gasteiger partial charge in [-0.1, -0.05) is 125 Å². The fraction of sp³-hybridized carbons (Fsp3) is 0.633. The first-order chi connectivity index (χ1) is 36.9. The molecule has 2 aliphatic heterocycles. The number of ether oxygens (including phenoxy) is 2. The molecule has 16 nitrogen and oxygen atoms in total. The largest absolute Gasteiger partial charge is 0.363 e. The minimum absolute atomic E-state index is 0.0810. The lowest BCUT2D eigenvalue weighted by molar-refractivity contribution is -0.142. The average molecular weight is 1040 g/mol. The zero-order chi connectivity index (χ0) is 53.6. The molecule has 0 unspecified atom stereocenters. The van der Waals surface area contributed by atoms with Gasteiger partial charge >= 0.3 is 0 Å². The molecule has 0 spiro atoms. The Hall–Kier alpha value is -5.78. The summed E-state index contributed by atoms with van der Waals surface area (Å²) in [7, 11) is 3.44. The van der Waals surface area contributed by atoms with Crippen molar-refractivity contribution in [1.82, 2.24) is 41.7 Å². The first-order valence-corrected chi connectivity index (χ1v) is 28.5. The minimum Gasteiger partial charge on any atom is -0.363 e. The van der Waals surface area contributed by atoms with Gasteiger partial charge < -0.3 is 51.2 Å². The molecule has 8 rings (SSSR count). The number of carbonyl (C=O) groups excluding carboxylic acids is 6. The number of likely N-dealkylation sites (tertiary alicyclic amines) is 2. The summed E-state index contributed by atoms with van der Waals surface area (Å²) in [5.41, 5.74) is 4.10. The van der Waals surface area contributed by atoms with E-state index in [1.807, 2.05) is 48.5 Å². The van der Waals surface area contributed by atoms with Crippen molar-refractivity contribution >= 4 is 35.4 Å². The third kappa shape index (κ3) is 14.2. The fourth-order valence-corrected chi connectivity index (χ4v) is 12.5. The summed E-state index contributed by atoms with van der Waals surface area (Å²) < 4.78 is 12.7. The van der Waals surface area contributed by atoms with Gasteiger partial charge in [-0.15, -0.1) is 0 Å². The molecule has 2 saturated heterocycles. The molecular weight excluding hydrogens is 961 g/mol. The molecule has 0 radical (unpaired) electrons. The molecule has 410 valence electrons. The van der Waals surface area contributed by atoms with E-state index in [0.29, 0.717) is 76.3 Å². The number of fused-ring (bicyclic) bond motifs is 2. The predicted octanol–water partition coefficient (Wildman–Crippen LogP) is 4.70. The standard InChI is InChI=1S/C60H82N8O8/c1-39(61-3)55(69)63-47(35-41-21-9-7-10-22-41)59(73)67-31-19-29-49(67)57(71)65-53-45-27-15-13-25-43(45)37-51(53)75-33-17-5-6-18-34-76-52-38-44-26-14-16-28-46(44)54(52)66-58(72)50-30-20-32-68(50)60(74)48(64-56(70)40(2)62-4)36-42-23-11-8-12-24-42/h13-16,25-28,39-42,47-54,61-62H,7-12,19-24,29-38H2,1-4H3,(H,63,69)(H,64,70)(H,65,71)(H,66,72)/t39-,40-,47-,48-,49-,50-,51+,52+,53-,54-/m0/s1. The van der Waals surface area contributed by atoms with E-state index in [-0.39, 0.29) is 60.9 Å². The lowest BCUT2D eigenvalue weighted by Gasteiger charge is -2.33. The quantitative estimate of drug-likeness (QED) is 0.101. The van der Waals surface area contributed by atoms with Crippen LogP contribution in [0.2, 0.25) is 0 Å². The zero-order valence-electron chi connectivity index (χ0n) is 45.3. The highest BCUT2D eigenvalue weighted by Crippen LogP contribution is 2.37. The van der Waals surface area contributed by atoms with Crippen molar-refractivity contribution in [1.29, 1.82) is 0 Å². The number of benzene rings is 2. The predicted molar refractivity (Wildman–Crippen MR) is 290 cm³/mol. The summed E-state index contributed by atoms with van der Waals surface area (Å²) in [6, 6.07) is 11.4. The van der Waals surface area contributed by atoms with Crippen LogP contribution in [0.5, 0.6) is 0 Å². The van der Waals surface area contributed by atoms with E-state index in [9.17, 15) is 28.8 Å². The van der Waals surface area contributed by atoms with Gasteiger partial charge in [-0.2, -0.15) is 0 Å². The van der Waals surface area contributed by atoms with Gasteiger partial charge in [0.05, 0.1) is 36.4 Å². The van der Waals surface area contributed by atoms with E-state index in [2.05, 4.69) is 55.6 Å². The average Bonchev–Trinajstić information content (AvgIpc) is 4.29. The number of likely N-dealkylation sites (N-methyl/N-ethyl adjacent to an activating group) is 2. The van der Waals surface area contributed by atoms with Crippen LogP contribution in [0, 0.1) is 35.5 Å². The molecule has 6 N–H and O–H groups in total. The van der Waals surface area contributed by atoms with Gasteiger partial charge in [0, 0.05) is 25.9 Å². The van der Waals surface area contributed by atoms with Gasteiger partial charge in [-0.25, -0.2) is 0 Å². The van der Waals surface area contributed by atoms with Gasteiger partial charge in [-0.3, -0.25) is 28.8 Å². The van der Waals surface area contributed by atoms with Gasteiger partial charge in [0.15, 0.2) is 0 Å². The first-order valence-electron chi connectivity index (χ1n) is 28.5. The van der Waals surface area contributed by atoms with E-state index in [4.69, 9.17) is 9.47 Å². The van der Waals surface area contributed by atoms with Crippen molar-refractivity contribution in [3.8, 4) is 23.7 Å². The molecule has 4 fully saturated rings. The molecule has 10 atom stereocenters.